The van der Waals surface area contributed by atoms with Crippen molar-refractivity contribution in [3.8, 4) is 5.75 Å². The fourth-order valence-electron chi connectivity index (χ4n) is 0.956. The van der Waals surface area contributed by atoms with Crippen molar-refractivity contribution in [2.75, 3.05) is 6.61 Å². The third-order valence-corrected chi connectivity index (χ3v) is 1.43. The highest BCUT2D eigenvalue weighted by Gasteiger charge is 2.09. The predicted molar refractivity (Wildman–Crippen MR) is 32.3 cm³/mol. The minimum absolute atomic E-state index is 0.789. The first kappa shape index (κ1) is 4.79. The highest BCUT2D eigenvalue weighted by molar-refractivity contribution is 5.31. The first-order valence-corrected chi connectivity index (χ1v) is 2.95. The maximum Gasteiger partial charge on any atom is 0.150 e. The van der Waals surface area contributed by atoms with Gasteiger partial charge in [0.1, 0.15) is 6.20 Å². The molecule has 0 amide bonds. The number of nitrogens with zero attached hydrogens (tertiary/aromatic N) is 1. The molecule has 2 heteroatoms. The van der Waals surface area contributed by atoms with Crippen LogP contribution in [0, 0.1) is 6.20 Å². The third-order valence-electron chi connectivity index (χ3n) is 1.43. The second kappa shape index (κ2) is 1.72. The van der Waals surface area contributed by atoms with Crippen LogP contribution in [-0.2, 0) is 6.42 Å². The van der Waals surface area contributed by atoms with E-state index < -0.39 is 0 Å². The standard InChI is InChI=1S/C7H6NO/c1-3-8-5-7-6(1)2-4-9-7/h1,3H,2,4H2. The van der Waals surface area contributed by atoms with Crippen LogP contribution in [0.1, 0.15) is 5.56 Å². The molecule has 1 aromatic rings. The second-order valence-electron chi connectivity index (χ2n) is 2.01. The Morgan fingerprint density at radius 3 is 3.56 bits per heavy atom. The van der Waals surface area contributed by atoms with Gasteiger partial charge in [-0.1, -0.05) is 0 Å². The van der Waals surface area contributed by atoms with E-state index in [-0.39, 0.29) is 0 Å². The third kappa shape index (κ3) is 0.669. The van der Waals surface area contributed by atoms with E-state index in [9.17, 15) is 0 Å². The molecule has 2 nitrogen and oxygen atoms in total. The summed E-state index contributed by atoms with van der Waals surface area (Å²) in [6.45, 7) is 0.789. The van der Waals surface area contributed by atoms with Crippen LogP contribution in [0.5, 0.6) is 5.75 Å². The zero-order valence-corrected chi connectivity index (χ0v) is 4.92. The average molecular weight is 120 g/mol. The molecule has 0 atom stereocenters. The van der Waals surface area contributed by atoms with E-state index in [1.165, 1.54) is 5.56 Å². The van der Waals surface area contributed by atoms with Gasteiger partial charge in [-0.25, -0.2) is 0 Å². The zero-order chi connectivity index (χ0) is 6.10. The Morgan fingerprint density at radius 2 is 2.67 bits per heavy atom. The molecule has 1 aliphatic heterocycles. The molecule has 0 spiro atoms. The zero-order valence-electron chi connectivity index (χ0n) is 4.92. The molecule has 1 aliphatic rings. The second-order valence-corrected chi connectivity index (χ2v) is 2.01. The lowest BCUT2D eigenvalue weighted by molar-refractivity contribution is 0.355. The van der Waals surface area contributed by atoms with Crippen LogP contribution in [0.15, 0.2) is 12.3 Å². The van der Waals surface area contributed by atoms with Gasteiger partial charge in [-0.3, -0.25) is 4.98 Å². The quantitative estimate of drug-likeness (QED) is 0.505. The molecule has 1 radical (unpaired) electrons. The number of ether oxygens (including phenoxy) is 1. The van der Waals surface area contributed by atoms with Crippen LogP contribution in [0.2, 0.25) is 0 Å². The van der Waals surface area contributed by atoms with Crippen molar-refractivity contribution in [1.82, 2.24) is 4.98 Å². The average Bonchev–Trinajstić information content (AvgIpc) is 2.33. The van der Waals surface area contributed by atoms with Gasteiger partial charge in [0.25, 0.3) is 0 Å². The van der Waals surface area contributed by atoms with Gasteiger partial charge in [0.05, 0.1) is 6.61 Å². The maximum absolute atomic E-state index is 5.18. The van der Waals surface area contributed by atoms with Gasteiger partial charge < -0.3 is 4.74 Å². The molecule has 45 valence electrons. The SMILES string of the molecule is [c]1nccc2c1OCC2. The number of hydrogen-bond donors (Lipinski definition) is 0. The first-order chi connectivity index (χ1) is 4.47. The van der Waals surface area contributed by atoms with Crippen molar-refractivity contribution in [3.05, 3.63) is 24.0 Å². The van der Waals surface area contributed by atoms with Crippen molar-refractivity contribution in [3.63, 3.8) is 0 Å². The molecule has 2 rings (SSSR count). The van der Waals surface area contributed by atoms with Crippen LogP contribution < -0.4 is 4.74 Å². The highest BCUT2D eigenvalue weighted by atomic mass is 16.5. The normalized spacial score (nSPS) is 14.7. The molecule has 0 unspecified atom stereocenters. The summed E-state index contributed by atoms with van der Waals surface area (Å²) in [6, 6.07) is 1.97. The Labute approximate surface area is 53.5 Å². The maximum atomic E-state index is 5.18. The van der Waals surface area contributed by atoms with E-state index in [1.807, 2.05) is 6.07 Å². The van der Waals surface area contributed by atoms with E-state index in [1.54, 1.807) is 6.20 Å². The van der Waals surface area contributed by atoms with Crippen LogP contribution in [0.25, 0.3) is 0 Å². The van der Waals surface area contributed by atoms with Gasteiger partial charge in [0, 0.05) is 18.2 Å². The summed E-state index contributed by atoms with van der Waals surface area (Å²) >= 11 is 0. The smallest absolute Gasteiger partial charge is 0.150 e. The summed E-state index contributed by atoms with van der Waals surface area (Å²) < 4.78 is 5.18. The van der Waals surface area contributed by atoms with Crippen molar-refractivity contribution in [2.45, 2.75) is 6.42 Å². The van der Waals surface area contributed by atoms with E-state index in [2.05, 4.69) is 11.2 Å². The molecule has 0 aliphatic carbocycles. The molecular weight excluding hydrogens is 114 g/mol. The molecule has 9 heavy (non-hydrogen) atoms. The summed E-state index contributed by atoms with van der Waals surface area (Å²) in [4.78, 5) is 3.81. The predicted octanol–water partition coefficient (Wildman–Crippen LogP) is 0.817. The van der Waals surface area contributed by atoms with E-state index in [4.69, 9.17) is 4.74 Å². The van der Waals surface area contributed by atoms with Gasteiger partial charge in [0.2, 0.25) is 0 Å². The Kier molecular flexibility index (Phi) is 0.918. The summed E-state index contributed by atoms with van der Waals surface area (Å²) in [6.07, 6.45) is 5.53. The van der Waals surface area contributed by atoms with E-state index in [0.717, 1.165) is 18.8 Å². The first-order valence-electron chi connectivity index (χ1n) is 2.95. The van der Waals surface area contributed by atoms with E-state index >= 15 is 0 Å². The lowest BCUT2D eigenvalue weighted by Gasteiger charge is -1.91. The van der Waals surface area contributed by atoms with Crippen molar-refractivity contribution in [1.29, 1.82) is 0 Å². The summed E-state index contributed by atoms with van der Waals surface area (Å²) in [7, 11) is 0. The number of rotatable bonds is 0. The Bertz CT molecular complexity index is 199. The molecule has 0 fully saturated rings. The lowest BCUT2D eigenvalue weighted by atomic mass is 10.2. The lowest BCUT2D eigenvalue weighted by Crippen LogP contribution is -1.86. The minimum atomic E-state index is 0.789. The minimum Gasteiger partial charge on any atom is -0.491 e. The molecule has 0 saturated carbocycles. The van der Waals surface area contributed by atoms with Crippen LogP contribution in [-0.4, -0.2) is 11.6 Å². The van der Waals surface area contributed by atoms with Crippen molar-refractivity contribution in [2.24, 2.45) is 0 Å². The van der Waals surface area contributed by atoms with Gasteiger partial charge in [-0.2, -0.15) is 0 Å². The molecule has 1 aromatic heterocycles. The fraction of sp³-hybridized carbons (Fsp3) is 0.286. The number of hydrogen-bond acceptors (Lipinski definition) is 2. The summed E-state index contributed by atoms with van der Waals surface area (Å²) in [5.74, 6) is 0.831. The van der Waals surface area contributed by atoms with Gasteiger partial charge in [-0.05, 0) is 6.07 Å². The topological polar surface area (TPSA) is 22.1 Å². The summed E-state index contributed by atoms with van der Waals surface area (Å²) in [5.41, 5.74) is 1.23. The molecule has 2 heterocycles. The summed E-state index contributed by atoms with van der Waals surface area (Å²) in [5, 5.41) is 0. The van der Waals surface area contributed by atoms with Gasteiger partial charge in [-0.15, -0.1) is 0 Å². The monoisotopic (exact) mass is 120 g/mol. The van der Waals surface area contributed by atoms with Gasteiger partial charge in [0.15, 0.2) is 5.75 Å². The largest absolute Gasteiger partial charge is 0.491 e. The van der Waals surface area contributed by atoms with Crippen molar-refractivity contribution < 1.29 is 4.74 Å². The molecular formula is C7H6NO. The molecule has 0 saturated heterocycles. The Morgan fingerprint density at radius 1 is 1.67 bits per heavy atom. The highest BCUT2D eigenvalue weighted by Crippen LogP contribution is 2.21. The van der Waals surface area contributed by atoms with Crippen molar-refractivity contribution >= 4 is 0 Å². The Balaban J connectivity index is 2.54. The Hall–Kier alpha value is -1.05. The molecule has 0 bridgehead atoms. The number of fused-ring (bicyclic) bond motifs is 1. The fourth-order valence-corrected chi connectivity index (χ4v) is 0.956. The number of pyridine rings is 1. The van der Waals surface area contributed by atoms with E-state index in [0.29, 0.717) is 0 Å². The molecule has 0 N–H and O–H groups in total. The van der Waals surface area contributed by atoms with Crippen LogP contribution in [0.3, 0.4) is 0 Å². The van der Waals surface area contributed by atoms with Crippen LogP contribution >= 0.6 is 0 Å². The molecule has 0 aromatic carbocycles. The van der Waals surface area contributed by atoms with Crippen LogP contribution in [0.4, 0.5) is 0 Å². The van der Waals surface area contributed by atoms with Gasteiger partial charge >= 0.3 is 0 Å². The number of aromatic nitrogens is 1.